The number of fused-ring (bicyclic) bond motifs is 1. The molecule has 0 amide bonds. The SMILES string of the molecule is CCOC(=O)C1=C(C)N=c2s/c(=C/c3ccc(N(C)C)cc3)c(=O)n2C1c1cccc([N+](=O)[O-])c1. The molecule has 9 nitrogen and oxygen atoms in total. The van der Waals surface area contributed by atoms with Gasteiger partial charge in [-0.25, -0.2) is 9.79 Å². The van der Waals surface area contributed by atoms with Crippen molar-refractivity contribution in [3.63, 3.8) is 0 Å². The first kappa shape index (κ1) is 24.1. The number of nitro benzene ring substituents is 1. The molecule has 2 heterocycles. The molecule has 10 heteroatoms. The third kappa shape index (κ3) is 4.65. The number of rotatable bonds is 6. The molecule has 0 fully saturated rings. The third-order valence-corrected chi connectivity index (χ3v) is 6.60. The lowest BCUT2D eigenvalue weighted by atomic mass is 9.95. The minimum absolute atomic E-state index is 0.136. The highest BCUT2D eigenvalue weighted by Crippen LogP contribution is 2.32. The molecular formula is C25H24N4O5S. The second-order valence-corrected chi connectivity index (χ2v) is 9.15. The molecule has 0 radical (unpaired) electrons. The number of aromatic nitrogens is 1. The maximum Gasteiger partial charge on any atom is 0.338 e. The van der Waals surface area contributed by atoms with Gasteiger partial charge in [0.05, 0.1) is 33.4 Å². The summed E-state index contributed by atoms with van der Waals surface area (Å²) in [6.45, 7) is 3.51. The van der Waals surface area contributed by atoms with Crippen molar-refractivity contribution in [2.45, 2.75) is 19.9 Å². The maximum absolute atomic E-state index is 13.6. The third-order valence-electron chi connectivity index (χ3n) is 5.62. The standard InChI is InChI=1S/C25H24N4O5S/c1-5-34-24(31)21-15(2)26-25-28(22(21)17-7-6-8-19(14-17)29(32)33)23(30)20(35-25)13-16-9-11-18(12-10-16)27(3)4/h6-14,22H,5H2,1-4H3/b20-13+. The normalized spacial score (nSPS) is 15.4. The fraction of sp³-hybridized carbons (Fsp3) is 0.240. The number of benzene rings is 2. The highest BCUT2D eigenvalue weighted by molar-refractivity contribution is 7.07. The number of non-ortho nitro benzene ring substituents is 1. The van der Waals surface area contributed by atoms with Crippen molar-refractivity contribution in [2.75, 3.05) is 25.6 Å². The van der Waals surface area contributed by atoms with Crippen LogP contribution in [0.2, 0.25) is 0 Å². The summed E-state index contributed by atoms with van der Waals surface area (Å²) in [5.41, 5.74) is 2.42. The zero-order chi connectivity index (χ0) is 25.3. The van der Waals surface area contributed by atoms with E-state index in [0.29, 0.717) is 20.6 Å². The number of hydrogen-bond acceptors (Lipinski definition) is 8. The molecule has 0 spiro atoms. The summed E-state index contributed by atoms with van der Waals surface area (Å²) < 4.78 is 7.11. The molecule has 180 valence electrons. The van der Waals surface area contributed by atoms with Crippen molar-refractivity contribution in [3.8, 4) is 0 Å². The van der Waals surface area contributed by atoms with Crippen molar-refractivity contribution in [2.24, 2.45) is 4.99 Å². The molecule has 0 N–H and O–H groups in total. The average molecular weight is 493 g/mol. The fourth-order valence-corrected chi connectivity index (χ4v) is 4.98. The molecule has 1 aromatic heterocycles. The second-order valence-electron chi connectivity index (χ2n) is 8.14. The van der Waals surface area contributed by atoms with Gasteiger partial charge in [-0.1, -0.05) is 35.6 Å². The van der Waals surface area contributed by atoms with E-state index in [1.165, 1.54) is 34.1 Å². The van der Waals surface area contributed by atoms with Crippen molar-refractivity contribution in [1.29, 1.82) is 0 Å². The van der Waals surface area contributed by atoms with E-state index >= 15 is 0 Å². The van der Waals surface area contributed by atoms with Gasteiger partial charge in [0.25, 0.3) is 11.2 Å². The molecular weight excluding hydrogens is 468 g/mol. The van der Waals surface area contributed by atoms with Crippen LogP contribution in [0.15, 0.2) is 69.6 Å². The van der Waals surface area contributed by atoms with E-state index in [1.807, 2.05) is 43.3 Å². The lowest BCUT2D eigenvalue weighted by molar-refractivity contribution is -0.384. The number of esters is 1. The first-order valence-corrected chi connectivity index (χ1v) is 11.7. The Balaban J connectivity index is 1.92. The van der Waals surface area contributed by atoms with Crippen molar-refractivity contribution < 1.29 is 14.5 Å². The summed E-state index contributed by atoms with van der Waals surface area (Å²) in [5, 5.41) is 11.4. The summed E-state index contributed by atoms with van der Waals surface area (Å²) in [5.74, 6) is -0.612. The van der Waals surface area contributed by atoms with E-state index in [9.17, 15) is 19.7 Å². The van der Waals surface area contributed by atoms with Crippen LogP contribution in [-0.2, 0) is 9.53 Å². The Morgan fingerprint density at radius 3 is 2.60 bits per heavy atom. The molecule has 1 unspecified atom stereocenters. The van der Waals surface area contributed by atoms with Crippen LogP contribution in [0.25, 0.3) is 6.08 Å². The molecule has 0 aliphatic carbocycles. The van der Waals surface area contributed by atoms with Crippen LogP contribution in [-0.4, -0.2) is 36.2 Å². The van der Waals surface area contributed by atoms with E-state index in [0.717, 1.165) is 11.3 Å². The predicted octanol–water partition coefficient (Wildman–Crippen LogP) is 2.77. The van der Waals surface area contributed by atoms with Gasteiger partial charge in [-0.2, -0.15) is 0 Å². The summed E-state index contributed by atoms with van der Waals surface area (Å²) in [6.07, 6.45) is 1.77. The average Bonchev–Trinajstić information content (AvgIpc) is 3.13. The first-order valence-electron chi connectivity index (χ1n) is 10.9. The molecule has 4 rings (SSSR count). The molecule has 0 bridgehead atoms. The summed E-state index contributed by atoms with van der Waals surface area (Å²) >= 11 is 1.20. The quantitative estimate of drug-likeness (QED) is 0.298. The highest BCUT2D eigenvalue weighted by Gasteiger charge is 2.34. The van der Waals surface area contributed by atoms with Gasteiger partial charge in [0, 0.05) is 31.9 Å². The van der Waals surface area contributed by atoms with Gasteiger partial charge < -0.3 is 9.64 Å². The van der Waals surface area contributed by atoms with Gasteiger partial charge in [0.1, 0.15) is 0 Å². The number of nitro groups is 1. The van der Waals surface area contributed by atoms with Gasteiger partial charge in [-0.15, -0.1) is 0 Å². The number of ether oxygens (including phenoxy) is 1. The number of allylic oxidation sites excluding steroid dienone is 1. The highest BCUT2D eigenvalue weighted by atomic mass is 32.1. The summed E-state index contributed by atoms with van der Waals surface area (Å²) in [4.78, 5) is 44.3. The summed E-state index contributed by atoms with van der Waals surface area (Å²) in [6, 6.07) is 12.8. The number of carbonyl (C=O) groups excluding carboxylic acids is 1. The van der Waals surface area contributed by atoms with Gasteiger partial charge in [0.2, 0.25) is 0 Å². The molecule has 1 atom stereocenters. The van der Waals surface area contributed by atoms with Crippen LogP contribution >= 0.6 is 11.3 Å². The Hall–Kier alpha value is -4.05. The van der Waals surface area contributed by atoms with Crippen LogP contribution in [0.3, 0.4) is 0 Å². The fourth-order valence-electron chi connectivity index (χ4n) is 3.94. The first-order chi connectivity index (χ1) is 16.7. The van der Waals surface area contributed by atoms with Gasteiger partial charge in [-0.05, 0) is 43.2 Å². The monoisotopic (exact) mass is 492 g/mol. The van der Waals surface area contributed by atoms with Crippen LogP contribution in [0, 0.1) is 10.1 Å². The van der Waals surface area contributed by atoms with Crippen LogP contribution in [0.1, 0.15) is 31.0 Å². The second kappa shape index (κ2) is 9.67. The van der Waals surface area contributed by atoms with Crippen molar-refractivity contribution in [1.82, 2.24) is 4.57 Å². The number of carbonyl (C=O) groups is 1. The minimum Gasteiger partial charge on any atom is -0.463 e. The van der Waals surface area contributed by atoms with E-state index in [4.69, 9.17) is 4.74 Å². The molecule has 35 heavy (non-hydrogen) atoms. The topological polar surface area (TPSA) is 107 Å². The van der Waals surface area contributed by atoms with E-state index in [2.05, 4.69) is 4.99 Å². The molecule has 3 aromatic rings. The van der Waals surface area contributed by atoms with E-state index in [1.54, 1.807) is 26.0 Å². The number of thiazole rings is 1. The minimum atomic E-state index is -0.900. The summed E-state index contributed by atoms with van der Waals surface area (Å²) in [7, 11) is 3.90. The number of hydrogen-bond donors (Lipinski definition) is 0. The van der Waals surface area contributed by atoms with E-state index in [-0.39, 0.29) is 23.4 Å². The molecule has 1 aliphatic rings. The van der Waals surface area contributed by atoms with Gasteiger partial charge in [-0.3, -0.25) is 19.5 Å². The predicted molar refractivity (Wildman–Crippen MR) is 134 cm³/mol. The van der Waals surface area contributed by atoms with Crippen molar-refractivity contribution >= 4 is 34.8 Å². The number of nitrogens with zero attached hydrogens (tertiary/aromatic N) is 4. The molecule has 2 aromatic carbocycles. The zero-order valence-corrected chi connectivity index (χ0v) is 20.5. The van der Waals surface area contributed by atoms with E-state index < -0.39 is 16.9 Å². The lowest BCUT2D eigenvalue weighted by Gasteiger charge is -2.24. The lowest BCUT2D eigenvalue weighted by Crippen LogP contribution is -2.40. The zero-order valence-electron chi connectivity index (χ0n) is 19.7. The molecule has 1 aliphatic heterocycles. The number of anilines is 1. The Labute approximate surface area is 205 Å². The van der Waals surface area contributed by atoms with Crippen molar-refractivity contribution in [3.05, 3.63) is 101 Å². The van der Waals surface area contributed by atoms with Crippen LogP contribution in [0.5, 0.6) is 0 Å². The Kier molecular flexibility index (Phi) is 6.65. The Bertz CT molecular complexity index is 1520. The smallest absolute Gasteiger partial charge is 0.338 e. The van der Waals surface area contributed by atoms with Crippen LogP contribution in [0.4, 0.5) is 11.4 Å². The Morgan fingerprint density at radius 1 is 1.26 bits per heavy atom. The largest absolute Gasteiger partial charge is 0.463 e. The van der Waals surface area contributed by atoms with Crippen LogP contribution < -0.4 is 19.8 Å². The maximum atomic E-state index is 13.6. The van der Waals surface area contributed by atoms with Gasteiger partial charge in [0.15, 0.2) is 4.80 Å². The van der Waals surface area contributed by atoms with Gasteiger partial charge >= 0.3 is 5.97 Å². The molecule has 0 saturated heterocycles. The molecule has 0 saturated carbocycles. The Morgan fingerprint density at radius 2 is 1.97 bits per heavy atom.